The second-order valence-corrected chi connectivity index (χ2v) is 11.3. The molecule has 2 N–H and O–H groups in total. The summed E-state index contributed by atoms with van der Waals surface area (Å²) in [5.41, 5.74) is 1.35. The van der Waals surface area contributed by atoms with Gasteiger partial charge in [-0.3, -0.25) is 0 Å². The van der Waals surface area contributed by atoms with E-state index in [-0.39, 0.29) is 5.41 Å². The molecule has 3 aliphatic heterocycles. The van der Waals surface area contributed by atoms with E-state index >= 15 is 0 Å². The van der Waals surface area contributed by atoms with E-state index in [0.29, 0.717) is 17.1 Å². The number of aromatic nitrogens is 2. The molecule has 0 amide bonds. The van der Waals surface area contributed by atoms with Crippen molar-refractivity contribution in [2.75, 3.05) is 54.5 Å². The third-order valence-corrected chi connectivity index (χ3v) is 8.62. The van der Waals surface area contributed by atoms with Crippen molar-refractivity contribution in [2.24, 2.45) is 0 Å². The molecule has 0 bridgehead atoms. The Morgan fingerprint density at radius 2 is 1.68 bits per heavy atom. The lowest BCUT2D eigenvalue weighted by atomic mass is 9.74. The summed E-state index contributed by atoms with van der Waals surface area (Å²) < 4.78 is 5.70. The van der Waals surface area contributed by atoms with Crippen molar-refractivity contribution in [3.63, 3.8) is 0 Å². The fourth-order valence-corrected chi connectivity index (χ4v) is 6.21. The predicted molar refractivity (Wildman–Crippen MR) is 156 cm³/mol. The van der Waals surface area contributed by atoms with Gasteiger partial charge in [0.1, 0.15) is 11.6 Å². The number of thiocarbonyl (C=S) groups is 1. The van der Waals surface area contributed by atoms with E-state index < -0.39 is 0 Å². The molecule has 0 aliphatic carbocycles. The fraction of sp³-hybridized carbons (Fsp3) is 0.621. The van der Waals surface area contributed by atoms with Gasteiger partial charge in [0, 0.05) is 56.9 Å². The standard InChI is InChI=1S/C29H42N6OS/c1-23-11-7-10-18-35(23)26-21-25(34-16-8-2-3-9-17-34)31-27(32-26)33-28(37)30-22-29(14-19-36-20-15-29)24-12-5-4-6-13-24/h4-6,12-13,21,23H,2-3,7-11,14-20,22H2,1H3,(H2,30,31,32,33,37)/t23-/m0/s1. The summed E-state index contributed by atoms with van der Waals surface area (Å²) >= 11 is 5.79. The summed E-state index contributed by atoms with van der Waals surface area (Å²) in [6.07, 6.45) is 10.7. The normalized spacial score (nSPS) is 22.2. The van der Waals surface area contributed by atoms with Crippen molar-refractivity contribution >= 4 is 34.9 Å². The second kappa shape index (κ2) is 12.4. The summed E-state index contributed by atoms with van der Waals surface area (Å²) in [7, 11) is 0. The predicted octanol–water partition coefficient (Wildman–Crippen LogP) is 5.27. The highest BCUT2D eigenvalue weighted by atomic mass is 32.1. The van der Waals surface area contributed by atoms with Crippen molar-refractivity contribution in [1.29, 1.82) is 0 Å². The molecule has 8 heteroatoms. The van der Waals surface area contributed by atoms with E-state index in [2.05, 4.69) is 63.8 Å². The average molecular weight is 523 g/mol. The summed E-state index contributed by atoms with van der Waals surface area (Å²) in [5, 5.41) is 7.44. The van der Waals surface area contributed by atoms with Crippen LogP contribution in [0.5, 0.6) is 0 Å². The van der Waals surface area contributed by atoms with Gasteiger partial charge in [-0.25, -0.2) is 0 Å². The van der Waals surface area contributed by atoms with Crippen LogP contribution in [0.3, 0.4) is 0 Å². The second-order valence-electron chi connectivity index (χ2n) is 10.9. The summed E-state index contributed by atoms with van der Waals surface area (Å²) in [4.78, 5) is 14.8. The summed E-state index contributed by atoms with van der Waals surface area (Å²) in [6.45, 7) is 7.76. The largest absolute Gasteiger partial charge is 0.381 e. The monoisotopic (exact) mass is 522 g/mol. The van der Waals surface area contributed by atoms with E-state index in [9.17, 15) is 0 Å². The Balaban J connectivity index is 1.33. The van der Waals surface area contributed by atoms with Gasteiger partial charge in [-0.2, -0.15) is 9.97 Å². The van der Waals surface area contributed by atoms with Gasteiger partial charge in [0.05, 0.1) is 0 Å². The van der Waals surface area contributed by atoms with Crippen molar-refractivity contribution in [3.05, 3.63) is 42.0 Å². The molecule has 1 aromatic carbocycles. The molecule has 3 fully saturated rings. The number of hydrogen-bond acceptors (Lipinski definition) is 6. The Morgan fingerprint density at radius 1 is 0.973 bits per heavy atom. The Hall–Kier alpha value is -2.45. The lowest BCUT2D eigenvalue weighted by Gasteiger charge is -2.38. The van der Waals surface area contributed by atoms with Crippen molar-refractivity contribution in [1.82, 2.24) is 15.3 Å². The molecule has 0 saturated carbocycles. The van der Waals surface area contributed by atoms with Gasteiger partial charge in [0.25, 0.3) is 0 Å². The Bertz CT molecular complexity index is 1020. The Labute approximate surface area is 227 Å². The lowest BCUT2D eigenvalue weighted by Crippen LogP contribution is -2.45. The minimum atomic E-state index is 0.00833. The summed E-state index contributed by atoms with van der Waals surface area (Å²) in [5.74, 6) is 2.62. The van der Waals surface area contributed by atoms with Crippen LogP contribution in [-0.2, 0) is 10.2 Å². The van der Waals surface area contributed by atoms with Gasteiger partial charge in [-0.05, 0) is 69.7 Å². The van der Waals surface area contributed by atoms with Crippen LogP contribution in [0.1, 0.15) is 70.3 Å². The van der Waals surface area contributed by atoms with Crippen molar-refractivity contribution in [3.8, 4) is 0 Å². The molecule has 0 radical (unpaired) electrons. The molecule has 1 atom stereocenters. The molecular formula is C29H42N6OS. The van der Waals surface area contributed by atoms with Gasteiger partial charge in [-0.15, -0.1) is 0 Å². The van der Waals surface area contributed by atoms with Gasteiger partial charge >= 0.3 is 0 Å². The third kappa shape index (κ3) is 6.52. The zero-order valence-corrected chi connectivity index (χ0v) is 23.1. The van der Waals surface area contributed by atoms with Gasteiger partial charge in [-0.1, -0.05) is 43.2 Å². The maximum atomic E-state index is 5.79. The maximum absolute atomic E-state index is 5.79. The van der Waals surface area contributed by atoms with E-state index in [1.165, 1.54) is 50.5 Å². The first-order valence-corrected chi connectivity index (χ1v) is 14.6. The molecule has 1 aromatic heterocycles. The first-order valence-electron chi connectivity index (χ1n) is 14.2. The molecule has 200 valence electrons. The van der Waals surface area contributed by atoms with Crippen LogP contribution in [0.15, 0.2) is 36.4 Å². The molecule has 2 aromatic rings. The lowest BCUT2D eigenvalue weighted by molar-refractivity contribution is 0.0515. The van der Waals surface area contributed by atoms with Crippen LogP contribution in [0.4, 0.5) is 17.6 Å². The highest BCUT2D eigenvalue weighted by molar-refractivity contribution is 7.80. The van der Waals surface area contributed by atoms with Crippen LogP contribution in [0, 0.1) is 0 Å². The highest BCUT2D eigenvalue weighted by Gasteiger charge is 2.34. The molecule has 0 unspecified atom stereocenters. The highest BCUT2D eigenvalue weighted by Crippen LogP contribution is 2.34. The van der Waals surface area contributed by atoms with Crippen molar-refractivity contribution in [2.45, 2.75) is 76.2 Å². The van der Waals surface area contributed by atoms with Gasteiger partial charge in [0.2, 0.25) is 5.95 Å². The molecule has 0 spiro atoms. The summed E-state index contributed by atoms with van der Waals surface area (Å²) in [6, 6.07) is 13.4. The minimum Gasteiger partial charge on any atom is -0.381 e. The molecule has 5 rings (SSSR count). The third-order valence-electron chi connectivity index (χ3n) is 8.38. The number of ether oxygens (including phenoxy) is 1. The number of nitrogens with one attached hydrogen (secondary N) is 2. The first-order chi connectivity index (χ1) is 18.1. The zero-order chi connectivity index (χ0) is 25.5. The van der Waals surface area contributed by atoms with Gasteiger partial charge in [0.15, 0.2) is 5.11 Å². The topological polar surface area (TPSA) is 65.5 Å². The fourth-order valence-electron chi connectivity index (χ4n) is 6.04. The van der Waals surface area contributed by atoms with Crippen LogP contribution in [0.2, 0.25) is 0 Å². The molecule has 7 nitrogen and oxygen atoms in total. The molecule has 4 heterocycles. The van der Waals surface area contributed by atoms with E-state index in [1.807, 2.05) is 0 Å². The number of anilines is 3. The van der Waals surface area contributed by atoms with Crippen molar-refractivity contribution < 1.29 is 4.74 Å². The molecule has 3 saturated heterocycles. The molecular weight excluding hydrogens is 480 g/mol. The SMILES string of the molecule is C[C@H]1CCCCN1c1cc(N2CCCCCC2)nc(NC(=S)NCC2(c3ccccc3)CCOCC2)n1. The Morgan fingerprint density at radius 3 is 2.41 bits per heavy atom. The first kappa shape index (κ1) is 26.2. The Kier molecular flexibility index (Phi) is 8.77. The van der Waals surface area contributed by atoms with Gasteiger partial charge < -0.3 is 25.2 Å². The number of hydrogen-bond donors (Lipinski definition) is 2. The number of rotatable bonds is 6. The maximum Gasteiger partial charge on any atom is 0.232 e. The number of nitrogens with zero attached hydrogens (tertiary/aromatic N) is 4. The zero-order valence-electron chi connectivity index (χ0n) is 22.3. The van der Waals surface area contributed by atoms with Crippen LogP contribution in [0.25, 0.3) is 0 Å². The van der Waals surface area contributed by atoms with E-state index in [1.54, 1.807) is 0 Å². The van der Waals surface area contributed by atoms with E-state index in [0.717, 1.165) is 63.9 Å². The molecule has 37 heavy (non-hydrogen) atoms. The smallest absolute Gasteiger partial charge is 0.232 e. The van der Waals surface area contributed by atoms with Crippen LogP contribution in [-0.4, -0.2) is 60.5 Å². The van der Waals surface area contributed by atoms with E-state index in [4.69, 9.17) is 26.9 Å². The quantitative estimate of drug-likeness (QED) is 0.498. The average Bonchev–Trinajstić information content (AvgIpc) is 3.23. The number of piperidine rings is 1. The van der Waals surface area contributed by atoms with Crippen LogP contribution >= 0.6 is 12.2 Å². The molecule has 3 aliphatic rings. The number of benzene rings is 1. The minimum absolute atomic E-state index is 0.00833. The van der Waals surface area contributed by atoms with Crippen LogP contribution < -0.4 is 20.4 Å².